The zero-order chi connectivity index (χ0) is 17.0. The van der Waals surface area contributed by atoms with Crippen molar-refractivity contribution in [3.05, 3.63) is 59.1 Å². The van der Waals surface area contributed by atoms with Crippen LogP contribution in [0.2, 0.25) is 5.02 Å². The lowest BCUT2D eigenvalue weighted by Crippen LogP contribution is -2.17. The van der Waals surface area contributed by atoms with E-state index < -0.39 is 12.3 Å². The second kappa shape index (κ2) is 6.75. The molecule has 0 aliphatic heterocycles. The molecule has 0 saturated carbocycles. The Labute approximate surface area is 134 Å². The van der Waals surface area contributed by atoms with Crippen molar-refractivity contribution in [2.75, 3.05) is 0 Å². The molecule has 0 aromatic heterocycles. The van der Waals surface area contributed by atoms with Crippen molar-refractivity contribution in [1.29, 1.82) is 0 Å². The van der Waals surface area contributed by atoms with Gasteiger partial charge in [-0.15, -0.1) is 13.2 Å². The van der Waals surface area contributed by atoms with Crippen molar-refractivity contribution in [1.82, 2.24) is 0 Å². The fraction of sp³-hybridized carbons (Fsp3) is 0.0625. The molecule has 120 valence electrons. The monoisotopic (exact) mass is 342 g/mol. The van der Waals surface area contributed by atoms with Crippen LogP contribution < -0.4 is 4.74 Å². The SMILES string of the molecule is O=C(O)/C=C/c1cc(Cl)cc(-c2ccccc2OC(F)(F)F)c1. The highest BCUT2D eigenvalue weighted by Gasteiger charge is 2.32. The van der Waals surface area contributed by atoms with Crippen molar-refractivity contribution in [3.8, 4) is 16.9 Å². The maximum atomic E-state index is 12.5. The summed E-state index contributed by atoms with van der Waals surface area (Å²) in [7, 11) is 0. The van der Waals surface area contributed by atoms with Gasteiger partial charge in [0.1, 0.15) is 5.75 Å². The minimum absolute atomic E-state index is 0.192. The molecular formula is C16H10ClF3O3. The number of para-hydroxylation sites is 1. The number of carboxylic acid groups (broad SMARTS) is 1. The summed E-state index contributed by atoms with van der Waals surface area (Å²) >= 11 is 5.96. The highest BCUT2D eigenvalue weighted by atomic mass is 35.5. The quantitative estimate of drug-likeness (QED) is 0.795. The van der Waals surface area contributed by atoms with Crippen LogP contribution in [0.3, 0.4) is 0 Å². The lowest BCUT2D eigenvalue weighted by atomic mass is 10.0. The van der Waals surface area contributed by atoms with E-state index in [4.69, 9.17) is 16.7 Å². The van der Waals surface area contributed by atoms with Crippen LogP contribution >= 0.6 is 11.6 Å². The molecule has 0 bridgehead atoms. The van der Waals surface area contributed by atoms with E-state index in [0.29, 0.717) is 11.1 Å². The molecule has 0 fully saturated rings. The van der Waals surface area contributed by atoms with Crippen molar-refractivity contribution >= 4 is 23.6 Å². The van der Waals surface area contributed by atoms with E-state index in [9.17, 15) is 18.0 Å². The Bertz CT molecular complexity index is 754. The summed E-state index contributed by atoms with van der Waals surface area (Å²) in [6, 6.07) is 10.1. The second-order valence-electron chi connectivity index (χ2n) is 4.49. The lowest BCUT2D eigenvalue weighted by molar-refractivity contribution is -0.274. The molecule has 0 saturated heterocycles. The molecule has 0 atom stereocenters. The van der Waals surface area contributed by atoms with Gasteiger partial charge in [-0.05, 0) is 41.5 Å². The predicted octanol–water partition coefficient (Wildman–Crippen LogP) is 5.00. The zero-order valence-electron chi connectivity index (χ0n) is 11.5. The Morgan fingerprint density at radius 2 is 1.87 bits per heavy atom. The van der Waals surface area contributed by atoms with E-state index in [1.165, 1.54) is 42.5 Å². The third-order valence-corrected chi connectivity index (χ3v) is 2.98. The topological polar surface area (TPSA) is 46.5 Å². The number of benzene rings is 2. The van der Waals surface area contributed by atoms with E-state index in [2.05, 4.69) is 4.74 Å². The van der Waals surface area contributed by atoms with Gasteiger partial charge in [-0.25, -0.2) is 4.79 Å². The minimum Gasteiger partial charge on any atom is -0.478 e. The first-order chi connectivity index (χ1) is 10.7. The van der Waals surface area contributed by atoms with Gasteiger partial charge in [-0.3, -0.25) is 0 Å². The van der Waals surface area contributed by atoms with E-state index >= 15 is 0 Å². The lowest BCUT2D eigenvalue weighted by Gasteiger charge is -2.14. The molecule has 2 rings (SSSR count). The summed E-state index contributed by atoms with van der Waals surface area (Å²) in [6.07, 6.45) is -2.61. The molecule has 7 heteroatoms. The van der Waals surface area contributed by atoms with Gasteiger partial charge in [0.05, 0.1) is 0 Å². The Balaban J connectivity index is 2.48. The number of halogens is 4. The number of carbonyl (C=O) groups is 1. The molecule has 2 aromatic carbocycles. The summed E-state index contributed by atoms with van der Waals surface area (Å²) in [5, 5.41) is 8.90. The van der Waals surface area contributed by atoms with Crippen molar-refractivity contribution < 1.29 is 27.8 Å². The molecule has 0 unspecified atom stereocenters. The largest absolute Gasteiger partial charge is 0.573 e. The number of rotatable bonds is 4. The first-order valence-corrected chi connectivity index (χ1v) is 6.69. The Morgan fingerprint density at radius 1 is 1.17 bits per heavy atom. The van der Waals surface area contributed by atoms with Crippen molar-refractivity contribution in [2.45, 2.75) is 6.36 Å². The van der Waals surface area contributed by atoms with Crippen LogP contribution in [0.5, 0.6) is 5.75 Å². The maximum absolute atomic E-state index is 12.5. The van der Waals surface area contributed by atoms with Crippen LogP contribution in [0.15, 0.2) is 48.5 Å². The minimum atomic E-state index is -4.82. The Morgan fingerprint density at radius 3 is 2.52 bits per heavy atom. The standard InChI is InChI=1S/C16H10ClF3O3/c17-12-8-10(5-6-15(21)22)7-11(9-12)13-3-1-2-4-14(13)23-16(18,19)20/h1-9H,(H,21,22)/b6-5+. The molecule has 0 radical (unpaired) electrons. The van der Waals surface area contributed by atoms with E-state index in [1.807, 2.05) is 0 Å². The predicted molar refractivity (Wildman–Crippen MR) is 80.2 cm³/mol. The molecule has 0 spiro atoms. The Hall–Kier alpha value is -2.47. The van der Waals surface area contributed by atoms with Gasteiger partial charge in [-0.1, -0.05) is 29.8 Å². The van der Waals surface area contributed by atoms with Gasteiger partial charge >= 0.3 is 12.3 Å². The van der Waals surface area contributed by atoms with Crippen LogP contribution in [0.1, 0.15) is 5.56 Å². The van der Waals surface area contributed by atoms with Gasteiger partial charge in [0.2, 0.25) is 0 Å². The van der Waals surface area contributed by atoms with Crippen LogP contribution in [0.4, 0.5) is 13.2 Å². The van der Waals surface area contributed by atoms with Gasteiger partial charge in [0.25, 0.3) is 0 Å². The summed E-state index contributed by atoms with van der Waals surface area (Å²) < 4.78 is 41.5. The molecular weight excluding hydrogens is 333 g/mol. The summed E-state index contributed by atoms with van der Waals surface area (Å²) in [6.45, 7) is 0. The fourth-order valence-corrected chi connectivity index (χ4v) is 2.19. The molecule has 0 amide bonds. The smallest absolute Gasteiger partial charge is 0.478 e. The molecule has 0 aliphatic rings. The number of alkyl halides is 3. The maximum Gasteiger partial charge on any atom is 0.573 e. The van der Waals surface area contributed by atoms with E-state index in [1.54, 1.807) is 6.07 Å². The van der Waals surface area contributed by atoms with Gasteiger partial charge < -0.3 is 9.84 Å². The van der Waals surface area contributed by atoms with Gasteiger partial charge in [0, 0.05) is 16.7 Å². The average Bonchev–Trinajstić information content (AvgIpc) is 2.43. The number of carboxylic acids is 1. The first kappa shape index (κ1) is 16.9. The normalized spacial score (nSPS) is 11.7. The third kappa shape index (κ3) is 5.03. The van der Waals surface area contributed by atoms with Crippen LogP contribution in [-0.2, 0) is 4.79 Å². The number of aliphatic carboxylic acids is 1. The van der Waals surface area contributed by atoms with Gasteiger partial charge in [0.15, 0.2) is 0 Å². The average molecular weight is 343 g/mol. The number of hydrogen-bond acceptors (Lipinski definition) is 2. The molecule has 0 heterocycles. The molecule has 2 aromatic rings. The fourth-order valence-electron chi connectivity index (χ4n) is 1.95. The van der Waals surface area contributed by atoms with Crippen molar-refractivity contribution in [3.63, 3.8) is 0 Å². The number of hydrogen-bond donors (Lipinski definition) is 1. The third-order valence-electron chi connectivity index (χ3n) is 2.76. The van der Waals surface area contributed by atoms with Crippen LogP contribution in [-0.4, -0.2) is 17.4 Å². The van der Waals surface area contributed by atoms with Gasteiger partial charge in [-0.2, -0.15) is 0 Å². The molecule has 3 nitrogen and oxygen atoms in total. The van der Waals surface area contributed by atoms with Crippen LogP contribution in [0.25, 0.3) is 17.2 Å². The molecule has 23 heavy (non-hydrogen) atoms. The molecule has 0 aliphatic carbocycles. The summed E-state index contributed by atoms with van der Waals surface area (Å²) in [5.41, 5.74) is 1.01. The zero-order valence-corrected chi connectivity index (χ0v) is 12.2. The van der Waals surface area contributed by atoms with Crippen LogP contribution in [0, 0.1) is 0 Å². The highest BCUT2D eigenvalue weighted by molar-refractivity contribution is 6.31. The summed E-state index contributed by atoms with van der Waals surface area (Å²) in [4.78, 5) is 10.6. The van der Waals surface area contributed by atoms with E-state index in [0.717, 1.165) is 6.08 Å². The van der Waals surface area contributed by atoms with E-state index in [-0.39, 0.29) is 16.3 Å². The Kier molecular flexibility index (Phi) is 4.95. The first-order valence-electron chi connectivity index (χ1n) is 6.31. The number of ether oxygens (including phenoxy) is 1. The second-order valence-corrected chi connectivity index (χ2v) is 4.93. The highest BCUT2D eigenvalue weighted by Crippen LogP contribution is 2.35. The van der Waals surface area contributed by atoms with Crippen molar-refractivity contribution in [2.24, 2.45) is 0 Å². The summed E-state index contributed by atoms with van der Waals surface area (Å²) in [5.74, 6) is -1.51. The molecule has 1 N–H and O–H groups in total.